The van der Waals surface area contributed by atoms with Crippen LogP contribution in [0.3, 0.4) is 0 Å². The van der Waals surface area contributed by atoms with Crippen LogP contribution in [0.15, 0.2) is 4.99 Å². The summed E-state index contributed by atoms with van der Waals surface area (Å²) in [7, 11) is 2.21. The fraction of sp³-hybridized carbons (Fsp3) is 0.905. The highest BCUT2D eigenvalue weighted by atomic mass is 127. The lowest BCUT2D eigenvalue weighted by molar-refractivity contribution is -0.134. The quantitative estimate of drug-likeness (QED) is 0.317. The van der Waals surface area contributed by atoms with Gasteiger partial charge in [-0.2, -0.15) is 0 Å². The Balaban J connectivity index is 0.00000300. The number of guanidine groups is 1. The molecule has 3 fully saturated rings. The first-order valence-electron chi connectivity index (χ1n) is 11.4. The van der Waals surface area contributed by atoms with Crippen molar-refractivity contribution in [1.29, 1.82) is 0 Å². The number of carbonyl (C=O) groups is 1. The Morgan fingerprint density at radius 2 is 1.83 bits per heavy atom. The number of likely N-dealkylation sites (tertiary alicyclic amines) is 1. The van der Waals surface area contributed by atoms with Crippen molar-refractivity contribution in [1.82, 2.24) is 25.3 Å². The van der Waals surface area contributed by atoms with E-state index in [-0.39, 0.29) is 29.9 Å². The van der Waals surface area contributed by atoms with E-state index in [9.17, 15) is 4.79 Å². The Kier molecular flexibility index (Phi) is 11.0. The van der Waals surface area contributed by atoms with Crippen molar-refractivity contribution >= 4 is 35.8 Å². The minimum absolute atomic E-state index is 0. The minimum atomic E-state index is 0. The molecule has 3 aliphatic rings. The number of aliphatic imine (C=N–C) groups is 1. The molecule has 0 bridgehead atoms. The van der Waals surface area contributed by atoms with Crippen LogP contribution in [0.1, 0.15) is 45.4 Å². The average molecular weight is 521 g/mol. The van der Waals surface area contributed by atoms with Crippen LogP contribution in [0.4, 0.5) is 0 Å². The van der Waals surface area contributed by atoms with Gasteiger partial charge in [-0.05, 0) is 52.7 Å². The molecule has 7 nitrogen and oxygen atoms in total. The number of amides is 1. The van der Waals surface area contributed by atoms with E-state index in [4.69, 9.17) is 4.99 Å². The van der Waals surface area contributed by atoms with Crippen molar-refractivity contribution in [3.63, 3.8) is 0 Å². The van der Waals surface area contributed by atoms with Crippen LogP contribution in [0, 0.1) is 5.92 Å². The van der Waals surface area contributed by atoms with Gasteiger partial charge in [0.1, 0.15) is 0 Å². The second-order valence-corrected chi connectivity index (χ2v) is 8.65. The molecule has 0 aromatic heterocycles. The smallest absolute Gasteiger partial charge is 0.225 e. The van der Waals surface area contributed by atoms with E-state index in [2.05, 4.69) is 39.3 Å². The summed E-state index contributed by atoms with van der Waals surface area (Å²) >= 11 is 0. The highest BCUT2D eigenvalue weighted by Crippen LogP contribution is 2.27. The number of hydrogen-bond donors (Lipinski definition) is 2. The number of hydrogen-bond acceptors (Lipinski definition) is 4. The highest BCUT2D eigenvalue weighted by Gasteiger charge is 2.32. The molecule has 1 aliphatic carbocycles. The maximum atomic E-state index is 12.6. The van der Waals surface area contributed by atoms with Crippen LogP contribution in [-0.4, -0.2) is 98.6 Å². The highest BCUT2D eigenvalue weighted by molar-refractivity contribution is 14.0. The SMILES string of the molecule is CCNC(=NCCN1CCCN(C)CC1)NC1CCN(C(=O)C2CCCC2)C1.I. The predicted molar refractivity (Wildman–Crippen MR) is 130 cm³/mol. The lowest BCUT2D eigenvalue weighted by Gasteiger charge is -2.22. The van der Waals surface area contributed by atoms with Gasteiger partial charge < -0.3 is 25.3 Å². The number of nitrogens with one attached hydrogen (secondary N) is 2. The Morgan fingerprint density at radius 1 is 1.03 bits per heavy atom. The van der Waals surface area contributed by atoms with Gasteiger partial charge in [0.05, 0.1) is 6.54 Å². The van der Waals surface area contributed by atoms with Gasteiger partial charge in [0.2, 0.25) is 5.91 Å². The molecule has 2 aliphatic heterocycles. The standard InChI is InChI=1S/C21H40N6O.HI/c1-3-22-21(23-10-14-26-12-6-11-25(2)15-16-26)24-19-9-13-27(17-19)20(28)18-7-4-5-8-18;/h18-19H,3-17H2,1-2H3,(H2,22,23,24);1H. The Labute approximate surface area is 194 Å². The fourth-order valence-corrected chi connectivity index (χ4v) is 4.65. The molecule has 3 rings (SSSR count). The molecule has 1 unspecified atom stereocenters. The van der Waals surface area contributed by atoms with Crippen molar-refractivity contribution in [3.05, 3.63) is 0 Å². The van der Waals surface area contributed by atoms with Crippen LogP contribution < -0.4 is 10.6 Å². The molecule has 2 heterocycles. The molecule has 2 saturated heterocycles. The fourth-order valence-electron chi connectivity index (χ4n) is 4.65. The molecule has 29 heavy (non-hydrogen) atoms. The zero-order valence-corrected chi connectivity index (χ0v) is 20.7. The van der Waals surface area contributed by atoms with Gasteiger partial charge in [-0.15, -0.1) is 24.0 Å². The molecule has 0 radical (unpaired) electrons. The molecular formula is C21H41IN6O. The van der Waals surface area contributed by atoms with Crippen LogP contribution in [0.5, 0.6) is 0 Å². The summed E-state index contributed by atoms with van der Waals surface area (Å²) in [5, 5.41) is 6.94. The molecule has 1 saturated carbocycles. The first kappa shape index (κ1) is 24.7. The molecule has 1 atom stereocenters. The van der Waals surface area contributed by atoms with E-state index in [1.54, 1.807) is 0 Å². The lowest BCUT2D eigenvalue weighted by Crippen LogP contribution is -2.45. The monoisotopic (exact) mass is 520 g/mol. The van der Waals surface area contributed by atoms with Crippen LogP contribution >= 0.6 is 24.0 Å². The second-order valence-electron chi connectivity index (χ2n) is 8.65. The van der Waals surface area contributed by atoms with E-state index >= 15 is 0 Å². The first-order chi connectivity index (χ1) is 13.7. The van der Waals surface area contributed by atoms with Gasteiger partial charge in [0.25, 0.3) is 0 Å². The zero-order valence-electron chi connectivity index (χ0n) is 18.4. The average Bonchev–Trinajstić information content (AvgIpc) is 3.33. The van der Waals surface area contributed by atoms with Crippen molar-refractivity contribution in [2.75, 3.05) is 66.0 Å². The molecule has 0 aromatic rings. The summed E-state index contributed by atoms with van der Waals surface area (Å²) < 4.78 is 0. The van der Waals surface area contributed by atoms with Gasteiger partial charge in [-0.3, -0.25) is 9.79 Å². The summed E-state index contributed by atoms with van der Waals surface area (Å²) in [6.45, 7) is 11.1. The van der Waals surface area contributed by atoms with Gasteiger partial charge in [-0.25, -0.2) is 0 Å². The number of nitrogens with zero attached hydrogens (tertiary/aromatic N) is 4. The molecule has 2 N–H and O–H groups in total. The summed E-state index contributed by atoms with van der Waals surface area (Å²) in [4.78, 5) is 24.5. The minimum Gasteiger partial charge on any atom is -0.357 e. The summed E-state index contributed by atoms with van der Waals surface area (Å²) in [5.41, 5.74) is 0. The normalized spacial score (nSPS) is 25.0. The zero-order chi connectivity index (χ0) is 19.8. The van der Waals surface area contributed by atoms with Gasteiger partial charge in [0, 0.05) is 51.2 Å². The second kappa shape index (κ2) is 12.9. The van der Waals surface area contributed by atoms with E-state index in [1.807, 2.05) is 0 Å². The van der Waals surface area contributed by atoms with Crippen LogP contribution in [0.2, 0.25) is 0 Å². The number of halogens is 1. The Bertz CT molecular complexity index is 525. The van der Waals surface area contributed by atoms with Crippen molar-refractivity contribution in [3.8, 4) is 0 Å². The van der Waals surface area contributed by atoms with Crippen LogP contribution in [0.25, 0.3) is 0 Å². The van der Waals surface area contributed by atoms with Gasteiger partial charge in [0.15, 0.2) is 5.96 Å². The Morgan fingerprint density at radius 3 is 2.59 bits per heavy atom. The predicted octanol–water partition coefficient (Wildman–Crippen LogP) is 1.59. The van der Waals surface area contributed by atoms with E-state index in [0.29, 0.717) is 11.9 Å². The van der Waals surface area contributed by atoms with Crippen molar-refractivity contribution in [2.45, 2.75) is 51.5 Å². The third-order valence-electron chi connectivity index (χ3n) is 6.39. The first-order valence-corrected chi connectivity index (χ1v) is 11.4. The topological polar surface area (TPSA) is 63.2 Å². The largest absolute Gasteiger partial charge is 0.357 e. The third kappa shape index (κ3) is 7.86. The van der Waals surface area contributed by atoms with Crippen molar-refractivity contribution < 1.29 is 4.79 Å². The number of carbonyl (C=O) groups excluding carboxylic acids is 1. The lowest BCUT2D eigenvalue weighted by atomic mass is 10.1. The molecule has 1 amide bonds. The van der Waals surface area contributed by atoms with E-state index in [0.717, 1.165) is 71.0 Å². The van der Waals surface area contributed by atoms with Crippen molar-refractivity contribution in [2.24, 2.45) is 10.9 Å². The molecule has 0 spiro atoms. The maximum absolute atomic E-state index is 12.6. The molecule has 8 heteroatoms. The van der Waals surface area contributed by atoms with Gasteiger partial charge >= 0.3 is 0 Å². The summed E-state index contributed by atoms with van der Waals surface area (Å²) in [6, 6.07) is 0.315. The summed E-state index contributed by atoms with van der Waals surface area (Å²) in [6.07, 6.45) is 6.87. The van der Waals surface area contributed by atoms with E-state index < -0.39 is 0 Å². The maximum Gasteiger partial charge on any atom is 0.225 e. The number of likely N-dealkylation sites (N-methyl/N-ethyl adjacent to an activating group) is 1. The number of rotatable bonds is 6. The van der Waals surface area contributed by atoms with E-state index in [1.165, 1.54) is 32.4 Å². The van der Waals surface area contributed by atoms with Crippen LogP contribution in [-0.2, 0) is 4.79 Å². The Hall–Kier alpha value is -0.610. The molecule has 168 valence electrons. The van der Waals surface area contributed by atoms with Gasteiger partial charge in [-0.1, -0.05) is 12.8 Å². The molecular weight excluding hydrogens is 479 g/mol. The molecule has 0 aromatic carbocycles. The third-order valence-corrected chi connectivity index (χ3v) is 6.39. The summed E-state index contributed by atoms with van der Waals surface area (Å²) in [5.74, 6) is 1.57.